The molecule has 9 heteroatoms. The predicted molar refractivity (Wildman–Crippen MR) is 55.4 cm³/mol. The largest absolute Gasteiger partial charge is 0.481 e. The molecular weight excluding hydrogens is 269 g/mol. The van der Waals surface area contributed by atoms with Gasteiger partial charge in [-0.25, -0.2) is 0 Å². The van der Waals surface area contributed by atoms with Gasteiger partial charge in [-0.15, -0.1) is 10.2 Å². The number of carbonyl (C=O) groups is 1. The monoisotopic (exact) mass is 282 g/mol. The number of carboxylic acid groups (broad SMARTS) is 1. The van der Waals surface area contributed by atoms with Gasteiger partial charge >= 0.3 is 12.1 Å². The van der Waals surface area contributed by atoms with Crippen molar-refractivity contribution in [1.29, 1.82) is 0 Å². The standard InChI is InChI=1S/C10H13F3N2O4/c11-10(12,13)6-18-5-4-8-15-14-7(19-8)2-1-3-9(16)17/h1-6H2,(H,16,17). The SMILES string of the molecule is O=C(O)CCCc1nnc(CCOCC(F)(F)F)o1. The highest BCUT2D eigenvalue weighted by Crippen LogP contribution is 2.14. The summed E-state index contributed by atoms with van der Waals surface area (Å²) in [7, 11) is 0. The van der Waals surface area contributed by atoms with Crippen LogP contribution < -0.4 is 0 Å². The molecule has 6 nitrogen and oxygen atoms in total. The van der Waals surface area contributed by atoms with Gasteiger partial charge < -0.3 is 14.3 Å². The van der Waals surface area contributed by atoms with E-state index in [1.807, 2.05) is 0 Å². The molecule has 1 aromatic rings. The third kappa shape index (κ3) is 7.39. The Morgan fingerprint density at radius 1 is 1.26 bits per heavy atom. The van der Waals surface area contributed by atoms with Gasteiger partial charge in [0.05, 0.1) is 6.61 Å². The van der Waals surface area contributed by atoms with Gasteiger partial charge in [0.15, 0.2) is 0 Å². The van der Waals surface area contributed by atoms with Crippen molar-refractivity contribution >= 4 is 5.97 Å². The fourth-order valence-corrected chi connectivity index (χ4v) is 1.23. The minimum absolute atomic E-state index is 0.00753. The van der Waals surface area contributed by atoms with E-state index < -0.39 is 18.8 Å². The van der Waals surface area contributed by atoms with Crippen molar-refractivity contribution in [3.63, 3.8) is 0 Å². The first-order chi connectivity index (χ1) is 8.87. The molecule has 0 aromatic carbocycles. The van der Waals surface area contributed by atoms with Crippen molar-refractivity contribution in [3.8, 4) is 0 Å². The Morgan fingerprint density at radius 3 is 2.47 bits per heavy atom. The number of hydrogen-bond acceptors (Lipinski definition) is 5. The maximum absolute atomic E-state index is 11.8. The van der Waals surface area contributed by atoms with E-state index in [0.717, 1.165) is 0 Å². The summed E-state index contributed by atoms with van der Waals surface area (Å²) in [5.41, 5.74) is 0. The van der Waals surface area contributed by atoms with Crippen LogP contribution in [0, 0.1) is 0 Å². The van der Waals surface area contributed by atoms with Gasteiger partial charge in [-0.3, -0.25) is 4.79 Å². The summed E-state index contributed by atoms with van der Waals surface area (Å²) in [5.74, 6) is -0.472. The summed E-state index contributed by atoms with van der Waals surface area (Å²) in [6, 6.07) is 0. The van der Waals surface area contributed by atoms with Crippen molar-refractivity contribution in [2.24, 2.45) is 0 Å². The van der Waals surface area contributed by atoms with Gasteiger partial charge in [0.2, 0.25) is 11.8 Å². The quantitative estimate of drug-likeness (QED) is 0.729. The van der Waals surface area contributed by atoms with Gasteiger partial charge in [-0.2, -0.15) is 13.2 Å². The number of hydrogen-bond donors (Lipinski definition) is 1. The molecule has 19 heavy (non-hydrogen) atoms. The summed E-state index contributed by atoms with van der Waals surface area (Å²) in [4.78, 5) is 10.3. The van der Waals surface area contributed by atoms with Crippen molar-refractivity contribution in [3.05, 3.63) is 11.8 Å². The molecule has 0 atom stereocenters. The number of aromatic nitrogens is 2. The lowest BCUT2D eigenvalue weighted by Crippen LogP contribution is -2.18. The van der Waals surface area contributed by atoms with Crippen LogP contribution in [0.4, 0.5) is 13.2 Å². The summed E-state index contributed by atoms with van der Waals surface area (Å²) in [5, 5.41) is 15.7. The lowest BCUT2D eigenvalue weighted by Gasteiger charge is -2.05. The van der Waals surface area contributed by atoms with Crippen LogP contribution in [0.5, 0.6) is 0 Å². The van der Waals surface area contributed by atoms with Crippen LogP contribution in [0.2, 0.25) is 0 Å². The molecule has 0 spiro atoms. The number of ether oxygens (including phenoxy) is 1. The highest BCUT2D eigenvalue weighted by Gasteiger charge is 2.27. The molecule has 0 radical (unpaired) electrons. The predicted octanol–water partition coefficient (Wildman–Crippen LogP) is 1.60. The summed E-state index contributed by atoms with van der Waals surface area (Å²) in [6.45, 7) is -1.48. The second-order valence-corrected chi connectivity index (χ2v) is 3.75. The molecule has 1 N–H and O–H groups in total. The molecule has 0 fully saturated rings. The summed E-state index contributed by atoms with van der Waals surface area (Å²) in [6.07, 6.45) is -3.59. The van der Waals surface area contributed by atoms with Gasteiger partial charge in [0.25, 0.3) is 0 Å². The Morgan fingerprint density at radius 2 is 1.89 bits per heavy atom. The number of halogens is 3. The van der Waals surface area contributed by atoms with Crippen molar-refractivity contribution < 1.29 is 32.2 Å². The first-order valence-electron chi connectivity index (χ1n) is 5.54. The van der Waals surface area contributed by atoms with Crippen LogP contribution in [0.25, 0.3) is 0 Å². The van der Waals surface area contributed by atoms with Crippen LogP contribution in [-0.2, 0) is 22.4 Å². The zero-order chi connectivity index (χ0) is 14.3. The molecule has 1 aromatic heterocycles. The van der Waals surface area contributed by atoms with E-state index in [4.69, 9.17) is 9.52 Å². The van der Waals surface area contributed by atoms with Crippen LogP contribution in [0.1, 0.15) is 24.6 Å². The smallest absolute Gasteiger partial charge is 0.411 e. The van der Waals surface area contributed by atoms with E-state index in [1.165, 1.54) is 0 Å². The Hall–Kier alpha value is -1.64. The first kappa shape index (κ1) is 15.4. The topological polar surface area (TPSA) is 85.5 Å². The maximum atomic E-state index is 11.8. The van der Waals surface area contributed by atoms with Gasteiger partial charge in [-0.1, -0.05) is 0 Å². The van der Waals surface area contributed by atoms with Crippen molar-refractivity contribution in [2.75, 3.05) is 13.2 Å². The molecule has 0 aliphatic heterocycles. The molecule has 0 amide bonds. The number of aryl methyl sites for hydroxylation is 1. The summed E-state index contributed by atoms with van der Waals surface area (Å²) >= 11 is 0. The zero-order valence-corrected chi connectivity index (χ0v) is 9.94. The molecule has 108 valence electrons. The minimum Gasteiger partial charge on any atom is -0.481 e. The number of rotatable bonds is 8. The Labute approximate surface area is 106 Å². The maximum Gasteiger partial charge on any atom is 0.411 e. The Balaban J connectivity index is 2.21. The average Bonchev–Trinajstić information content (AvgIpc) is 2.71. The van der Waals surface area contributed by atoms with E-state index in [9.17, 15) is 18.0 Å². The lowest BCUT2D eigenvalue weighted by molar-refractivity contribution is -0.173. The molecular formula is C10H13F3N2O4. The first-order valence-corrected chi connectivity index (χ1v) is 5.54. The third-order valence-electron chi connectivity index (χ3n) is 2.02. The molecule has 0 unspecified atom stereocenters. The van der Waals surface area contributed by atoms with Crippen LogP contribution in [0.15, 0.2) is 4.42 Å². The highest BCUT2D eigenvalue weighted by molar-refractivity contribution is 5.66. The third-order valence-corrected chi connectivity index (χ3v) is 2.02. The van der Waals surface area contributed by atoms with E-state index >= 15 is 0 Å². The zero-order valence-electron chi connectivity index (χ0n) is 9.94. The molecule has 0 saturated heterocycles. The molecule has 0 aliphatic rings. The number of alkyl halides is 3. The molecule has 1 heterocycles. The normalized spacial score (nSPS) is 11.7. The number of aliphatic carboxylic acids is 1. The van der Waals surface area contributed by atoms with E-state index in [2.05, 4.69) is 14.9 Å². The summed E-state index contributed by atoms with van der Waals surface area (Å²) < 4.78 is 44.8. The number of carboxylic acids is 1. The molecule has 1 rings (SSSR count). The fraction of sp³-hybridized carbons (Fsp3) is 0.700. The Kier molecular flexibility index (Phi) is 5.74. The highest BCUT2D eigenvalue weighted by atomic mass is 19.4. The fourth-order valence-electron chi connectivity index (χ4n) is 1.23. The van der Waals surface area contributed by atoms with Crippen LogP contribution in [0.3, 0.4) is 0 Å². The second-order valence-electron chi connectivity index (χ2n) is 3.75. The van der Waals surface area contributed by atoms with E-state index in [-0.39, 0.29) is 31.2 Å². The minimum atomic E-state index is -4.35. The lowest BCUT2D eigenvalue weighted by atomic mass is 10.2. The van der Waals surface area contributed by atoms with Gasteiger partial charge in [-0.05, 0) is 6.42 Å². The van der Waals surface area contributed by atoms with Crippen molar-refractivity contribution in [2.45, 2.75) is 31.9 Å². The average molecular weight is 282 g/mol. The van der Waals surface area contributed by atoms with Gasteiger partial charge in [0, 0.05) is 19.3 Å². The second kappa shape index (κ2) is 7.07. The van der Waals surface area contributed by atoms with E-state index in [1.54, 1.807) is 0 Å². The van der Waals surface area contributed by atoms with Crippen LogP contribution >= 0.6 is 0 Å². The molecule has 0 bridgehead atoms. The van der Waals surface area contributed by atoms with Crippen molar-refractivity contribution in [1.82, 2.24) is 10.2 Å². The Bertz CT molecular complexity index is 406. The van der Waals surface area contributed by atoms with Crippen LogP contribution in [-0.4, -0.2) is 40.7 Å². The molecule has 0 saturated carbocycles. The number of nitrogens with zero attached hydrogens (tertiary/aromatic N) is 2. The van der Waals surface area contributed by atoms with E-state index in [0.29, 0.717) is 12.8 Å². The van der Waals surface area contributed by atoms with Gasteiger partial charge in [0.1, 0.15) is 6.61 Å². The molecule has 0 aliphatic carbocycles.